The molecular formula is C40H63N6O7P. The van der Waals surface area contributed by atoms with E-state index in [1.165, 1.54) is 96.2 Å². The van der Waals surface area contributed by atoms with Crippen molar-refractivity contribution < 1.29 is 32.7 Å². The van der Waals surface area contributed by atoms with Gasteiger partial charge in [-0.2, -0.15) is 10.4 Å². The summed E-state index contributed by atoms with van der Waals surface area (Å²) in [5.41, 5.74) is 7.74. The molecule has 4 rings (SSSR count). The average molecular weight is 771 g/mol. The molecule has 0 radical (unpaired) electrons. The molecule has 0 spiro atoms. The first-order valence-corrected chi connectivity index (χ1v) is 21.6. The number of anilines is 1. The number of hydrogen-bond acceptors (Lipinski definition) is 11. The first kappa shape index (κ1) is 43.8. The lowest BCUT2D eigenvalue weighted by Gasteiger charge is -2.26. The number of nitrogens with zero attached hydrogens (tertiary/aromatic N) is 5. The van der Waals surface area contributed by atoms with Gasteiger partial charge in [0.2, 0.25) is 0 Å². The Morgan fingerprint density at radius 2 is 1.63 bits per heavy atom. The van der Waals surface area contributed by atoms with Crippen molar-refractivity contribution in [1.82, 2.24) is 19.6 Å². The van der Waals surface area contributed by atoms with Gasteiger partial charge in [0.25, 0.3) is 0 Å². The van der Waals surface area contributed by atoms with Crippen LogP contribution in [0.3, 0.4) is 0 Å². The number of nitrogen functional groups attached to an aromatic ring is 1. The molecule has 13 nitrogen and oxygen atoms in total. The predicted molar refractivity (Wildman–Crippen MR) is 208 cm³/mol. The number of rotatable bonds is 29. The van der Waals surface area contributed by atoms with Crippen LogP contribution < -0.4 is 5.73 Å². The van der Waals surface area contributed by atoms with Crippen LogP contribution in [0.15, 0.2) is 36.8 Å². The predicted octanol–water partition coefficient (Wildman–Crippen LogP) is 9.19. The summed E-state index contributed by atoms with van der Waals surface area (Å²) in [6.07, 6.45) is 24.2. The highest BCUT2D eigenvalue weighted by Crippen LogP contribution is 2.47. The second-order valence-corrected chi connectivity index (χ2v) is 16.3. The number of phosphoric acid groups is 1. The topological polar surface area (TPSA) is 176 Å². The van der Waals surface area contributed by atoms with E-state index >= 15 is 0 Å². The maximum Gasteiger partial charge on any atom is 0.472 e. The van der Waals surface area contributed by atoms with Crippen LogP contribution in [0, 0.1) is 11.3 Å². The van der Waals surface area contributed by atoms with Gasteiger partial charge in [0, 0.05) is 12.8 Å². The van der Waals surface area contributed by atoms with Crippen LogP contribution >= 0.6 is 7.82 Å². The second kappa shape index (κ2) is 23.9. The van der Waals surface area contributed by atoms with Gasteiger partial charge < -0.3 is 24.8 Å². The fourth-order valence-corrected chi connectivity index (χ4v) is 7.63. The van der Waals surface area contributed by atoms with Gasteiger partial charge in [-0.05, 0) is 49.9 Å². The van der Waals surface area contributed by atoms with Crippen molar-refractivity contribution in [3.05, 3.63) is 53.7 Å². The lowest BCUT2D eigenvalue weighted by molar-refractivity contribution is -0.0710. The summed E-state index contributed by atoms with van der Waals surface area (Å²) >= 11 is 0. The Bertz CT molecular complexity index is 1580. The number of aromatic nitrogens is 4. The fraction of sp³-hybridized carbons (Fsp3) is 0.700. The average Bonchev–Trinajstić information content (AvgIpc) is 3.79. The molecule has 4 heterocycles. The molecule has 3 N–H and O–H groups in total. The monoisotopic (exact) mass is 770 g/mol. The fourth-order valence-electron chi connectivity index (χ4n) is 6.76. The zero-order valence-corrected chi connectivity index (χ0v) is 33.4. The van der Waals surface area contributed by atoms with Gasteiger partial charge in [0.15, 0.2) is 5.82 Å². The normalized spacial score (nSPS) is 18.9. The number of unbranched alkanes of at least 4 members (excludes halogenated alkanes) is 15. The number of pyridine rings is 1. The molecule has 14 heteroatoms. The van der Waals surface area contributed by atoms with Crippen LogP contribution in [0.5, 0.6) is 0 Å². The number of fused-ring (bicyclic) bond motifs is 1. The summed E-state index contributed by atoms with van der Waals surface area (Å²) in [5, 5.41) is 13.4. The quantitative estimate of drug-likeness (QED) is 0.0506. The molecule has 1 aliphatic rings. The van der Waals surface area contributed by atoms with Crippen molar-refractivity contribution in [3.8, 4) is 6.07 Å². The van der Waals surface area contributed by atoms with Crippen molar-refractivity contribution in [2.75, 3.05) is 32.2 Å². The smallest absolute Gasteiger partial charge is 0.382 e. The molecule has 0 aliphatic carbocycles. The van der Waals surface area contributed by atoms with Gasteiger partial charge in [-0.3, -0.25) is 9.05 Å². The highest BCUT2D eigenvalue weighted by Gasteiger charge is 2.40. The molecule has 0 aromatic carbocycles. The summed E-state index contributed by atoms with van der Waals surface area (Å²) in [7, 11) is -4.46. The van der Waals surface area contributed by atoms with Gasteiger partial charge >= 0.3 is 7.82 Å². The van der Waals surface area contributed by atoms with E-state index in [4.69, 9.17) is 34.3 Å². The van der Waals surface area contributed by atoms with Crippen LogP contribution in [0.1, 0.15) is 152 Å². The first-order valence-electron chi connectivity index (χ1n) is 20.1. The minimum absolute atomic E-state index is 0.143. The molecule has 0 bridgehead atoms. The van der Waals surface area contributed by atoms with Gasteiger partial charge in [-0.15, -0.1) is 0 Å². The van der Waals surface area contributed by atoms with E-state index < -0.39 is 19.5 Å². The molecule has 1 saturated heterocycles. The molecular weight excluding hydrogens is 707 g/mol. The Kier molecular flexibility index (Phi) is 19.3. The SMILES string of the molecule is CCCCCCCCCCCCCCCCCCOC[C@@H](COP(=O)(O)OC[C@]1(C)CC[C@H](c2ccc3c(N)ncnn23)O1)OCc1ccc(C#N)nc1. The largest absolute Gasteiger partial charge is 0.472 e. The highest BCUT2D eigenvalue weighted by atomic mass is 31.2. The number of hydrogen-bond donors (Lipinski definition) is 2. The zero-order valence-electron chi connectivity index (χ0n) is 32.5. The maximum absolute atomic E-state index is 13.0. The first-order chi connectivity index (χ1) is 26.2. The van der Waals surface area contributed by atoms with Crippen molar-refractivity contribution in [3.63, 3.8) is 0 Å². The van der Waals surface area contributed by atoms with Gasteiger partial charge in [-0.1, -0.05) is 109 Å². The van der Waals surface area contributed by atoms with E-state index in [1.807, 2.05) is 25.1 Å². The summed E-state index contributed by atoms with van der Waals surface area (Å²) in [4.78, 5) is 18.7. The zero-order chi connectivity index (χ0) is 38.5. The van der Waals surface area contributed by atoms with Crippen molar-refractivity contribution in [2.45, 2.75) is 154 Å². The van der Waals surface area contributed by atoms with Crippen LogP contribution in [0.2, 0.25) is 0 Å². The highest BCUT2D eigenvalue weighted by molar-refractivity contribution is 7.47. The van der Waals surface area contributed by atoms with Crippen molar-refractivity contribution in [2.24, 2.45) is 0 Å². The number of nitriles is 1. The summed E-state index contributed by atoms with van der Waals surface area (Å²) in [6, 6.07) is 9.12. The molecule has 3 aromatic heterocycles. The minimum Gasteiger partial charge on any atom is -0.382 e. The minimum atomic E-state index is -4.46. The maximum atomic E-state index is 13.0. The standard InChI is InChI=1S/C40H63N6O7P/c1-3-4-5-6-7-8-9-10-11-12-13-14-15-16-17-18-25-49-29-35(50-28-33-19-20-34(26-41)43-27-33)30-51-54(47,48)52-31-40(2)24-23-38(53-40)36-21-22-37-39(42)44-32-45-46(36)37/h19-22,27,32,35,38H,3-18,23-25,28-31H2,1-2H3,(H,47,48)(H2,42,44,45)/t35-,38+,40-/m0/s1. The number of ether oxygens (including phenoxy) is 3. The Hall–Kier alpha value is -2.95. The van der Waals surface area contributed by atoms with Crippen molar-refractivity contribution >= 4 is 19.2 Å². The molecule has 300 valence electrons. The molecule has 54 heavy (non-hydrogen) atoms. The summed E-state index contributed by atoms with van der Waals surface area (Å²) < 4.78 is 43.8. The molecule has 0 amide bonds. The van der Waals surface area contributed by atoms with Crippen LogP contribution in [0.4, 0.5) is 5.82 Å². The van der Waals surface area contributed by atoms with E-state index in [0.29, 0.717) is 36.5 Å². The van der Waals surface area contributed by atoms with E-state index in [9.17, 15) is 9.46 Å². The molecule has 4 atom stereocenters. The third kappa shape index (κ3) is 15.7. The Labute approximate surface area is 321 Å². The third-order valence-electron chi connectivity index (χ3n) is 10.0. The lowest BCUT2D eigenvalue weighted by atomic mass is 10.0. The third-order valence-corrected chi connectivity index (χ3v) is 11.0. The lowest BCUT2D eigenvalue weighted by Crippen LogP contribution is -2.30. The van der Waals surface area contributed by atoms with E-state index in [-0.39, 0.29) is 32.5 Å². The Morgan fingerprint density at radius 1 is 0.963 bits per heavy atom. The van der Waals surface area contributed by atoms with E-state index in [2.05, 4.69) is 22.0 Å². The Balaban J connectivity index is 1.12. The Morgan fingerprint density at radius 3 is 2.26 bits per heavy atom. The second-order valence-electron chi connectivity index (χ2n) is 14.8. The van der Waals surface area contributed by atoms with Gasteiger partial charge in [0.05, 0.1) is 37.7 Å². The van der Waals surface area contributed by atoms with Crippen LogP contribution in [-0.4, -0.2) is 62.6 Å². The molecule has 1 aliphatic heterocycles. The van der Waals surface area contributed by atoms with Crippen molar-refractivity contribution in [1.29, 1.82) is 5.26 Å². The molecule has 1 unspecified atom stereocenters. The molecule has 3 aromatic rings. The van der Waals surface area contributed by atoms with Gasteiger partial charge in [-0.25, -0.2) is 19.0 Å². The van der Waals surface area contributed by atoms with Crippen LogP contribution in [0.25, 0.3) is 5.52 Å². The van der Waals surface area contributed by atoms with E-state index in [0.717, 1.165) is 24.1 Å². The summed E-state index contributed by atoms with van der Waals surface area (Å²) in [5.74, 6) is 0.375. The van der Waals surface area contributed by atoms with E-state index in [1.54, 1.807) is 22.8 Å². The number of nitrogens with two attached hydrogens (primary N) is 1. The molecule has 1 fully saturated rings. The van der Waals surface area contributed by atoms with Gasteiger partial charge in [0.1, 0.15) is 35.8 Å². The summed E-state index contributed by atoms with van der Waals surface area (Å²) in [6.45, 7) is 4.68. The van der Waals surface area contributed by atoms with Crippen LogP contribution in [-0.2, 0) is 34.4 Å². The molecule has 0 saturated carbocycles. The number of phosphoric ester groups is 1.